The lowest BCUT2D eigenvalue weighted by Gasteiger charge is -2.04. The fourth-order valence-corrected chi connectivity index (χ4v) is 1.99. The van der Waals surface area contributed by atoms with E-state index in [0.29, 0.717) is 0 Å². The van der Waals surface area contributed by atoms with Gasteiger partial charge in [-0.1, -0.05) is 6.07 Å². The molecule has 1 aromatic carbocycles. The first-order valence-corrected chi connectivity index (χ1v) is 5.47. The van der Waals surface area contributed by atoms with Crippen LogP contribution in [0.2, 0.25) is 0 Å². The Bertz CT molecular complexity index is 403. The molecule has 0 aromatic heterocycles. The summed E-state index contributed by atoms with van der Waals surface area (Å²) in [7, 11) is -3.57. The minimum Gasteiger partial charge on any atom is -0.395 e. The Kier molecular flexibility index (Phi) is 3.45. The fourth-order valence-electron chi connectivity index (χ4n) is 0.927. The van der Waals surface area contributed by atoms with Crippen LogP contribution in [-0.2, 0) is 10.0 Å². The summed E-state index contributed by atoms with van der Waals surface area (Å²) in [6.07, 6.45) is 0. The monoisotopic (exact) mass is 215 g/mol. The van der Waals surface area contributed by atoms with Gasteiger partial charge in [-0.3, -0.25) is 0 Å². The van der Waals surface area contributed by atoms with Crippen molar-refractivity contribution in [3.63, 3.8) is 0 Å². The van der Waals surface area contributed by atoms with Gasteiger partial charge in [-0.15, -0.1) is 0 Å². The number of benzene rings is 1. The molecule has 1 rings (SSSR count). The molecular formula is C8H11N2O3S. The lowest BCUT2D eigenvalue weighted by molar-refractivity contribution is 0.301. The van der Waals surface area contributed by atoms with Gasteiger partial charge in [-0.25, -0.2) is 13.1 Å². The zero-order valence-electron chi connectivity index (χ0n) is 7.40. The van der Waals surface area contributed by atoms with Crippen LogP contribution in [-0.4, -0.2) is 26.7 Å². The maximum atomic E-state index is 11.4. The van der Waals surface area contributed by atoms with Crippen LogP contribution in [0, 0.1) is 0 Å². The Hall–Kier alpha value is -1.11. The summed E-state index contributed by atoms with van der Waals surface area (Å²) in [5.41, 5.74) is 7.39. The first-order chi connectivity index (χ1) is 6.56. The van der Waals surface area contributed by atoms with Gasteiger partial charge in [0.2, 0.25) is 10.0 Å². The van der Waals surface area contributed by atoms with Crippen LogP contribution in [0.1, 0.15) is 0 Å². The van der Waals surface area contributed by atoms with Crippen molar-refractivity contribution in [2.24, 2.45) is 0 Å². The SMILES string of the molecule is [NH]c1cccc(S(=O)(=O)NCCO)c1. The molecule has 0 spiro atoms. The van der Waals surface area contributed by atoms with Gasteiger partial charge in [0.05, 0.1) is 17.2 Å². The molecule has 1 radical (unpaired) electrons. The van der Waals surface area contributed by atoms with Gasteiger partial charge in [0, 0.05) is 6.54 Å². The average molecular weight is 215 g/mol. The first kappa shape index (κ1) is 11.0. The van der Waals surface area contributed by atoms with E-state index in [1.165, 1.54) is 24.3 Å². The van der Waals surface area contributed by atoms with Gasteiger partial charge in [0.15, 0.2) is 0 Å². The number of rotatable bonds is 4. The highest BCUT2D eigenvalue weighted by Crippen LogP contribution is 2.12. The molecule has 77 valence electrons. The van der Waals surface area contributed by atoms with E-state index in [1.54, 1.807) is 0 Å². The van der Waals surface area contributed by atoms with Crippen molar-refractivity contribution in [2.75, 3.05) is 13.2 Å². The standard InChI is InChI=1S/C8H11N2O3S/c9-7-2-1-3-8(6-7)14(12,13)10-4-5-11/h1-3,6,9-11H,4-5H2. The van der Waals surface area contributed by atoms with Crippen LogP contribution in [0.5, 0.6) is 0 Å². The molecule has 0 saturated heterocycles. The van der Waals surface area contributed by atoms with E-state index in [2.05, 4.69) is 4.72 Å². The molecule has 0 aliphatic carbocycles. The van der Waals surface area contributed by atoms with E-state index in [0.717, 1.165) is 0 Å². The molecule has 0 aliphatic heterocycles. The van der Waals surface area contributed by atoms with Crippen molar-refractivity contribution in [3.05, 3.63) is 24.3 Å². The predicted octanol–water partition coefficient (Wildman–Crippen LogP) is -0.128. The van der Waals surface area contributed by atoms with Crippen LogP contribution in [0.25, 0.3) is 0 Å². The topological polar surface area (TPSA) is 90.2 Å². The Labute approximate surface area is 82.6 Å². The van der Waals surface area contributed by atoms with Crippen LogP contribution < -0.4 is 10.5 Å². The first-order valence-electron chi connectivity index (χ1n) is 3.98. The smallest absolute Gasteiger partial charge is 0.240 e. The molecule has 14 heavy (non-hydrogen) atoms. The van der Waals surface area contributed by atoms with Gasteiger partial charge in [-0.05, 0) is 18.2 Å². The summed E-state index contributed by atoms with van der Waals surface area (Å²) >= 11 is 0. The number of sulfonamides is 1. The van der Waals surface area contributed by atoms with Crippen LogP contribution >= 0.6 is 0 Å². The third-order valence-corrected chi connectivity index (χ3v) is 3.01. The molecule has 0 saturated carbocycles. The van der Waals surface area contributed by atoms with E-state index in [-0.39, 0.29) is 23.7 Å². The molecule has 0 bridgehead atoms. The Morgan fingerprint density at radius 3 is 2.71 bits per heavy atom. The third kappa shape index (κ3) is 2.69. The number of aliphatic hydroxyl groups is 1. The van der Waals surface area contributed by atoms with E-state index in [4.69, 9.17) is 10.8 Å². The van der Waals surface area contributed by atoms with Crippen molar-refractivity contribution >= 4 is 15.7 Å². The minimum atomic E-state index is -3.57. The van der Waals surface area contributed by atoms with Gasteiger partial charge >= 0.3 is 0 Å². The molecule has 1 aromatic rings. The van der Waals surface area contributed by atoms with E-state index < -0.39 is 10.0 Å². The van der Waals surface area contributed by atoms with E-state index >= 15 is 0 Å². The second-order valence-electron chi connectivity index (χ2n) is 2.65. The van der Waals surface area contributed by atoms with Crippen molar-refractivity contribution < 1.29 is 13.5 Å². The Morgan fingerprint density at radius 1 is 1.43 bits per heavy atom. The maximum absolute atomic E-state index is 11.4. The summed E-state index contributed by atoms with van der Waals surface area (Å²) in [6.45, 7) is -0.273. The highest BCUT2D eigenvalue weighted by Gasteiger charge is 2.12. The minimum absolute atomic E-state index is 0.0233. The number of hydrogen-bond acceptors (Lipinski definition) is 3. The van der Waals surface area contributed by atoms with Gasteiger partial charge in [0.1, 0.15) is 0 Å². The summed E-state index contributed by atoms with van der Waals surface area (Å²) in [6, 6.07) is 5.64. The Balaban J connectivity index is 2.93. The summed E-state index contributed by atoms with van der Waals surface area (Å²) in [5.74, 6) is 0. The second kappa shape index (κ2) is 4.41. The molecule has 0 atom stereocenters. The third-order valence-electron chi connectivity index (χ3n) is 1.55. The van der Waals surface area contributed by atoms with Gasteiger partial charge < -0.3 is 10.8 Å². The van der Waals surface area contributed by atoms with Gasteiger partial charge in [0.25, 0.3) is 0 Å². The molecule has 0 aliphatic rings. The number of aliphatic hydroxyl groups excluding tert-OH is 1. The molecule has 0 amide bonds. The lowest BCUT2D eigenvalue weighted by atomic mass is 10.3. The predicted molar refractivity (Wildman–Crippen MR) is 51.5 cm³/mol. The fraction of sp³-hybridized carbons (Fsp3) is 0.250. The summed E-state index contributed by atoms with van der Waals surface area (Å²) in [5, 5.41) is 8.47. The molecule has 0 unspecified atom stereocenters. The zero-order chi connectivity index (χ0) is 10.6. The lowest BCUT2D eigenvalue weighted by Crippen LogP contribution is -2.26. The number of hydrogen-bond donors (Lipinski definition) is 2. The van der Waals surface area contributed by atoms with Crippen molar-refractivity contribution in [3.8, 4) is 0 Å². The molecular weight excluding hydrogens is 204 g/mol. The quantitative estimate of drug-likeness (QED) is 0.733. The van der Waals surface area contributed by atoms with Crippen LogP contribution in [0.4, 0.5) is 5.69 Å². The summed E-state index contributed by atoms with van der Waals surface area (Å²) in [4.78, 5) is 0.0402. The van der Waals surface area contributed by atoms with Crippen molar-refractivity contribution in [1.29, 1.82) is 0 Å². The molecule has 0 fully saturated rings. The summed E-state index contributed by atoms with van der Waals surface area (Å²) < 4.78 is 25.1. The van der Waals surface area contributed by atoms with E-state index in [1.807, 2.05) is 0 Å². The molecule has 3 N–H and O–H groups in total. The highest BCUT2D eigenvalue weighted by atomic mass is 32.2. The average Bonchev–Trinajstić information content (AvgIpc) is 2.15. The number of nitrogens with one attached hydrogen (secondary N) is 2. The zero-order valence-corrected chi connectivity index (χ0v) is 8.21. The molecule has 6 heteroatoms. The van der Waals surface area contributed by atoms with Crippen molar-refractivity contribution in [1.82, 2.24) is 10.5 Å². The molecule has 0 heterocycles. The van der Waals surface area contributed by atoms with E-state index in [9.17, 15) is 8.42 Å². The van der Waals surface area contributed by atoms with Crippen LogP contribution in [0.15, 0.2) is 29.2 Å². The molecule has 5 nitrogen and oxygen atoms in total. The van der Waals surface area contributed by atoms with Crippen LogP contribution in [0.3, 0.4) is 0 Å². The second-order valence-corrected chi connectivity index (χ2v) is 4.42. The van der Waals surface area contributed by atoms with Gasteiger partial charge in [-0.2, -0.15) is 0 Å². The maximum Gasteiger partial charge on any atom is 0.240 e. The normalized spacial score (nSPS) is 11.5. The largest absolute Gasteiger partial charge is 0.395 e. The highest BCUT2D eigenvalue weighted by molar-refractivity contribution is 7.89. The van der Waals surface area contributed by atoms with Crippen molar-refractivity contribution in [2.45, 2.75) is 4.90 Å². The Morgan fingerprint density at radius 2 is 2.14 bits per heavy atom.